The van der Waals surface area contributed by atoms with Crippen LogP contribution in [0.25, 0.3) is 0 Å². The Hall–Kier alpha value is -2.62. The number of hydrogen-bond donors (Lipinski definition) is 2. The molecule has 0 aliphatic heterocycles. The van der Waals surface area contributed by atoms with E-state index in [9.17, 15) is 22.8 Å². The molecule has 0 saturated carbocycles. The van der Waals surface area contributed by atoms with Gasteiger partial charge in [0.05, 0.1) is 12.0 Å². The molecule has 0 radical (unpaired) electrons. The van der Waals surface area contributed by atoms with Gasteiger partial charge in [-0.1, -0.05) is 18.2 Å². The Balaban J connectivity index is 2.68. The van der Waals surface area contributed by atoms with Crippen LogP contribution < -0.4 is 10.0 Å². The first-order valence-electron chi connectivity index (χ1n) is 8.12. The first kappa shape index (κ1) is 22.4. The van der Waals surface area contributed by atoms with Crippen molar-refractivity contribution in [1.29, 1.82) is 0 Å². The number of nitrogens with one attached hydrogen (secondary N) is 2. The van der Waals surface area contributed by atoms with Gasteiger partial charge in [-0.2, -0.15) is 0 Å². The van der Waals surface area contributed by atoms with E-state index >= 15 is 0 Å². The van der Waals surface area contributed by atoms with Gasteiger partial charge < -0.3 is 14.8 Å². The predicted molar refractivity (Wildman–Crippen MR) is 96.2 cm³/mol. The average molecular weight is 400 g/mol. The summed E-state index contributed by atoms with van der Waals surface area (Å²) in [7, 11) is -2.88. The lowest BCUT2D eigenvalue weighted by Gasteiger charge is -2.22. The molecule has 27 heavy (non-hydrogen) atoms. The van der Waals surface area contributed by atoms with Crippen LogP contribution in [-0.4, -0.2) is 45.1 Å². The Morgan fingerprint density at radius 1 is 1.11 bits per heavy atom. The molecule has 2 N–H and O–H groups in total. The van der Waals surface area contributed by atoms with Crippen molar-refractivity contribution in [3.8, 4) is 0 Å². The highest BCUT2D eigenvalue weighted by Crippen LogP contribution is 2.10. The van der Waals surface area contributed by atoms with Gasteiger partial charge in [-0.15, -0.1) is 0 Å². The molecule has 1 aromatic carbocycles. The van der Waals surface area contributed by atoms with Crippen molar-refractivity contribution in [3.05, 3.63) is 30.3 Å². The second-order valence-electron chi connectivity index (χ2n) is 6.60. The molecule has 0 aliphatic carbocycles. The van der Waals surface area contributed by atoms with Crippen molar-refractivity contribution in [2.75, 3.05) is 7.11 Å². The summed E-state index contributed by atoms with van der Waals surface area (Å²) >= 11 is 0. The molecule has 0 bridgehead atoms. The third kappa shape index (κ3) is 8.07. The molecule has 10 heteroatoms. The van der Waals surface area contributed by atoms with Crippen molar-refractivity contribution in [2.24, 2.45) is 0 Å². The fourth-order valence-corrected chi connectivity index (χ4v) is 3.01. The van der Waals surface area contributed by atoms with Crippen molar-refractivity contribution in [1.82, 2.24) is 10.0 Å². The van der Waals surface area contributed by atoms with E-state index in [0.29, 0.717) is 0 Å². The number of carbonyl (C=O) groups excluding carboxylic acids is 3. The largest absolute Gasteiger partial charge is 0.467 e. The van der Waals surface area contributed by atoms with Crippen molar-refractivity contribution in [3.63, 3.8) is 0 Å². The van der Waals surface area contributed by atoms with Gasteiger partial charge in [0.1, 0.15) is 11.6 Å². The molecule has 0 aromatic heterocycles. The number of carbonyl (C=O) groups is 3. The van der Waals surface area contributed by atoms with Gasteiger partial charge in [-0.05, 0) is 39.3 Å². The van der Waals surface area contributed by atoms with Gasteiger partial charge in [0, 0.05) is 6.42 Å². The molecule has 2 amide bonds. The van der Waals surface area contributed by atoms with Gasteiger partial charge in [0.25, 0.3) is 10.0 Å². The lowest BCUT2D eigenvalue weighted by molar-refractivity contribution is -0.143. The summed E-state index contributed by atoms with van der Waals surface area (Å²) in [4.78, 5) is 35.5. The van der Waals surface area contributed by atoms with Crippen LogP contribution in [0.5, 0.6) is 0 Å². The van der Waals surface area contributed by atoms with Crippen molar-refractivity contribution < 1.29 is 32.3 Å². The summed E-state index contributed by atoms with van der Waals surface area (Å²) in [5, 5.41) is 2.31. The summed E-state index contributed by atoms with van der Waals surface area (Å²) in [6.07, 6.45) is -1.35. The van der Waals surface area contributed by atoms with Crippen LogP contribution in [0.1, 0.15) is 33.6 Å². The van der Waals surface area contributed by atoms with E-state index in [0.717, 1.165) is 7.11 Å². The zero-order chi connectivity index (χ0) is 20.7. The minimum absolute atomic E-state index is 0.0604. The van der Waals surface area contributed by atoms with E-state index in [2.05, 4.69) is 10.1 Å². The monoisotopic (exact) mass is 400 g/mol. The highest BCUT2D eigenvalue weighted by atomic mass is 32.2. The maximum atomic E-state index is 12.1. The van der Waals surface area contributed by atoms with Gasteiger partial charge in [-0.3, -0.25) is 4.79 Å². The van der Waals surface area contributed by atoms with E-state index in [4.69, 9.17) is 4.74 Å². The van der Waals surface area contributed by atoms with E-state index < -0.39 is 39.6 Å². The molecular formula is C17H24N2O7S. The first-order valence-corrected chi connectivity index (χ1v) is 9.61. The molecule has 1 aromatic rings. The summed E-state index contributed by atoms with van der Waals surface area (Å²) in [5.74, 6) is -1.60. The summed E-state index contributed by atoms with van der Waals surface area (Å²) in [6.45, 7) is 4.96. The summed E-state index contributed by atoms with van der Waals surface area (Å²) < 4.78 is 35.8. The Morgan fingerprint density at radius 2 is 1.70 bits per heavy atom. The zero-order valence-corrected chi connectivity index (χ0v) is 16.5. The van der Waals surface area contributed by atoms with E-state index in [-0.39, 0.29) is 17.7 Å². The second kappa shape index (κ2) is 9.36. The van der Waals surface area contributed by atoms with Crippen LogP contribution in [-0.2, 0) is 29.1 Å². The second-order valence-corrected chi connectivity index (χ2v) is 8.28. The van der Waals surface area contributed by atoms with Crippen LogP contribution in [0.2, 0.25) is 0 Å². The average Bonchev–Trinajstić information content (AvgIpc) is 2.56. The predicted octanol–water partition coefficient (Wildman–Crippen LogP) is 1.34. The summed E-state index contributed by atoms with van der Waals surface area (Å²) in [6, 6.07) is 6.22. The lowest BCUT2D eigenvalue weighted by Crippen LogP contribution is -2.44. The number of hydrogen-bond acceptors (Lipinski definition) is 7. The number of sulfonamides is 1. The van der Waals surface area contributed by atoms with E-state index in [1.165, 1.54) is 24.3 Å². The van der Waals surface area contributed by atoms with Crippen LogP contribution in [0, 0.1) is 0 Å². The van der Waals surface area contributed by atoms with Gasteiger partial charge in [0.15, 0.2) is 0 Å². The lowest BCUT2D eigenvalue weighted by atomic mass is 10.1. The number of amides is 2. The smallest absolute Gasteiger partial charge is 0.408 e. The van der Waals surface area contributed by atoms with Crippen LogP contribution in [0.4, 0.5) is 4.79 Å². The Bertz CT molecular complexity index is 770. The summed E-state index contributed by atoms with van der Waals surface area (Å²) in [5.41, 5.74) is -0.772. The number of alkyl carbamates (subject to hydrolysis) is 1. The third-order valence-electron chi connectivity index (χ3n) is 3.14. The Kier molecular flexibility index (Phi) is 7.77. The standard InChI is InChI=1S/C17H24N2O7S/c1-17(2,3)26-16(22)18-13(15(21)25-4)10-11-14(20)19-27(23,24)12-8-6-5-7-9-12/h5-9,13H,10-11H2,1-4H3,(H,18,22)(H,19,20)/t13-/m0/s1. The fraction of sp³-hybridized carbons (Fsp3) is 0.471. The number of esters is 1. The van der Waals surface area contributed by atoms with Crippen LogP contribution in [0.15, 0.2) is 35.2 Å². The van der Waals surface area contributed by atoms with Gasteiger partial charge >= 0.3 is 12.1 Å². The maximum absolute atomic E-state index is 12.1. The van der Waals surface area contributed by atoms with E-state index in [1.54, 1.807) is 26.8 Å². The molecule has 0 unspecified atom stereocenters. The topological polar surface area (TPSA) is 128 Å². The minimum atomic E-state index is -4.01. The number of methoxy groups -OCH3 is 1. The molecule has 0 spiro atoms. The minimum Gasteiger partial charge on any atom is -0.467 e. The van der Waals surface area contributed by atoms with Crippen molar-refractivity contribution in [2.45, 2.75) is 50.2 Å². The molecule has 0 fully saturated rings. The highest BCUT2D eigenvalue weighted by molar-refractivity contribution is 7.90. The molecule has 9 nitrogen and oxygen atoms in total. The Labute approximate surface area is 158 Å². The quantitative estimate of drug-likeness (QED) is 0.661. The molecular weight excluding hydrogens is 376 g/mol. The van der Waals surface area contributed by atoms with Crippen LogP contribution in [0.3, 0.4) is 0 Å². The fourth-order valence-electron chi connectivity index (χ4n) is 1.98. The highest BCUT2D eigenvalue weighted by Gasteiger charge is 2.26. The van der Waals surface area contributed by atoms with Gasteiger partial charge in [-0.25, -0.2) is 22.7 Å². The van der Waals surface area contributed by atoms with Crippen LogP contribution >= 0.6 is 0 Å². The number of rotatable bonds is 7. The third-order valence-corrected chi connectivity index (χ3v) is 4.53. The van der Waals surface area contributed by atoms with Gasteiger partial charge in [0.2, 0.25) is 5.91 Å². The SMILES string of the molecule is COC(=O)[C@H](CCC(=O)NS(=O)(=O)c1ccccc1)NC(=O)OC(C)(C)C. The normalized spacial score (nSPS) is 12.6. The maximum Gasteiger partial charge on any atom is 0.408 e. The molecule has 150 valence electrons. The first-order chi connectivity index (χ1) is 12.4. The number of ether oxygens (including phenoxy) is 2. The molecule has 0 saturated heterocycles. The molecule has 0 aliphatic rings. The van der Waals surface area contributed by atoms with E-state index in [1.807, 2.05) is 4.72 Å². The molecule has 1 atom stereocenters. The molecule has 1 rings (SSSR count). The molecule has 0 heterocycles. The Morgan fingerprint density at radius 3 is 2.22 bits per heavy atom. The number of benzene rings is 1. The van der Waals surface area contributed by atoms with Crippen molar-refractivity contribution >= 4 is 28.0 Å². The zero-order valence-electron chi connectivity index (χ0n) is 15.6.